The van der Waals surface area contributed by atoms with Crippen molar-refractivity contribution in [3.05, 3.63) is 47.5 Å². The van der Waals surface area contributed by atoms with Crippen LogP contribution in [0.1, 0.15) is 20.3 Å². The van der Waals surface area contributed by atoms with Crippen molar-refractivity contribution in [3.63, 3.8) is 0 Å². The zero-order valence-electron chi connectivity index (χ0n) is 15.6. The number of methoxy groups -OCH3 is 1. The van der Waals surface area contributed by atoms with E-state index in [-0.39, 0.29) is 24.8 Å². The van der Waals surface area contributed by atoms with E-state index in [1.165, 1.54) is 18.9 Å². The van der Waals surface area contributed by atoms with Crippen LogP contribution >= 0.6 is 11.6 Å². The summed E-state index contributed by atoms with van der Waals surface area (Å²) < 4.78 is 10.8. The average Bonchev–Trinajstić information content (AvgIpc) is 2.63. The first-order chi connectivity index (χ1) is 13.0. The quantitative estimate of drug-likeness (QED) is 0.735. The van der Waals surface area contributed by atoms with Crippen LogP contribution in [-0.4, -0.2) is 32.1 Å². The number of hydrogen-bond donors (Lipinski definition) is 1. The summed E-state index contributed by atoms with van der Waals surface area (Å²) in [5.74, 6) is 0.678. The van der Waals surface area contributed by atoms with Crippen molar-refractivity contribution in [1.82, 2.24) is 0 Å². The molecule has 0 atom stereocenters. The highest BCUT2D eigenvalue weighted by atomic mass is 35.5. The summed E-state index contributed by atoms with van der Waals surface area (Å²) in [5.41, 5.74) is 1.12. The monoisotopic (exact) mass is 390 g/mol. The van der Waals surface area contributed by atoms with E-state index in [4.69, 9.17) is 21.1 Å². The normalized spacial score (nSPS) is 10.2. The molecule has 0 heterocycles. The Morgan fingerprint density at radius 1 is 1.15 bits per heavy atom. The van der Waals surface area contributed by atoms with Crippen molar-refractivity contribution in [2.45, 2.75) is 20.3 Å². The molecule has 0 aliphatic carbocycles. The lowest BCUT2D eigenvalue weighted by Gasteiger charge is -2.23. The van der Waals surface area contributed by atoms with Gasteiger partial charge in [0.1, 0.15) is 11.5 Å². The number of para-hydroxylation sites is 2. The van der Waals surface area contributed by atoms with Gasteiger partial charge in [-0.25, -0.2) is 0 Å². The SMILES string of the molecule is CCOc1ccccc1NC(=O)CCN(C(C)=O)c1cc(Cl)ccc1OC. The Balaban J connectivity index is 2.10. The number of anilines is 2. The number of benzene rings is 2. The predicted octanol–water partition coefficient (Wildman–Crippen LogP) is 4.13. The lowest BCUT2D eigenvalue weighted by molar-refractivity contribution is -0.117. The third kappa shape index (κ3) is 5.62. The second-order valence-electron chi connectivity index (χ2n) is 5.71. The van der Waals surface area contributed by atoms with E-state index in [0.29, 0.717) is 34.5 Å². The van der Waals surface area contributed by atoms with E-state index in [0.717, 1.165) is 0 Å². The van der Waals surface area contributed by atoms with Crippen molar-refractivity contribution in [1.29, 1.82) is 0 Å². The van der Waals surface area contributed by atoms with Gasteiger partial charge in [0.2, 0.25) is 11.8 Å². The first-order valence-corrected chi connectivity index (χ1v) is 8.97. The van der Waals surface area contributed by atoms with Gasteiger partial charge in [-0.1, -0.05) is 23.7 Å². The maximum Gasteiger partial charge on any atom is 0.226 e. The lowest BCUT2D eigenvalue weighted by Crippen LogP contribution is -2.32. The second kappa shape index (κ2) is 9.83. The molecule has 0 bridgehead atoms. The van der Waals surface area contributed by atoms with Gasteiger partial charge < -0.3 is 19.7 Å². The van der Waals surface area contributed by atoms with Crippen molar-refractivity contribution in [2.75, 3.05) is 30.5 Å². The number of nitrogens with one attached hydrogen (secondary N) is 1. The summed E-state index contributed by atoms with van der Waals surface area (Å²) in [5, 5.41) is 3.30. The Labute approximate surface area is 164 Å². The number of carbonyl (C=O) groups is 2. The van der Waals surface area contributed by atoms with E-state index < -0.39 is 0 Å². The molecule has 2 rings (SSSR count). The zero-order valence-corrected chi connectivity index (χ0v) is 16.4. The van der Waals surface area contributed by atoms with Crippen LogP contribution in [0.3, 0.4) is 0 Å². The molecular weight excluding hydrogens is 368 g/mol. The van der Waals surface area contributed by atoms with Crippen molar-refractivity contribution >= 4 is 34.8 Å². The fourth-order valence-corrected chi connectivity index (χ4v) is 2.77. The molecule has 2 aromatic rings. The van der Waals surface area contributed by atoms with Crippen LogP contribution in [0.25, 0.3) is 0 Å². The minimum absolute atomic E-state index is 0.107. The zero-order chi connectivity index (χ0) is 19.8. The number of carbonyl (C=O) groups excluding carboxylic acids is 2. The molecule has 0 saturated carbocycles. The van der Waals surface area contributed by atoms with Gasteiger partial charge in [0.15, 0.2) is 0 Å². The fourth-order valence-electron chi connectivity index (χ4n) is 2.60. The van der Waals surface area contributed by atoms with Crippen LogP contribution in [0, 0.1) is 0 Å². The van der Waals surface area contributed by atoms with E-state index in [1.807, 2.05) is 19.1 Å². The highest BCUT2D eigenvalue weighted by Crippen LogP contribution is 2.31. The number of rotatable bonds is 8. The highest BCUT2D eigenvalue weighted by Gasteiger charge is 2.18. The number of nitrogens with zero attached hydrogens (tertiary/aromatic N) is 1. The molecular formula is C20H23ClN2O4. The van der Waals surface area contributed by atoms with Gasteiger partial charge in [0.25, 0.3) is 0 Å². The van der Waals surface area contributed by atoms with Crippen molar-refractivity contribution in [2.24, 2.45) is 0 Å². The Hall–Kier alpha value is -2.73. The summed E-state index contributed by atoms with van der Waals surface area (Å²) in [6, 6.07) is 12.2. The maximum atomic E-state index is 12.4. The largest absolute Gasteiger partial charge is 0.495 e. The van der Waals surface area contributed by atoms with Crippen LogP contribution < -0.4 is 19.7 Å². The predicted molar refractivity (Wildman–Crippen MR) is 107 cm³/mol. The summed E-state index contributed by atoms with van der Waals surface area (Å²) in [6.07, 6.45) is 0.107. The standard InChI is InChI=1S/C20H23ClN2O4/c1-4-27-18-8-6-5-7-16(18)22-20(25)11-12-23(14(2)24)17-13-15(21)9-10-19(17)26-3/h5-10,13H,4,11-12H2,1-3H3,(H,22,25). The molecule has 0 aliphatic rings. The van der Waals surface area contributed by atoms with Crippen LogP contribution in [0.4, 0.5) is 11.4 Å². The fraction of sp³-hybridized carbons (Fsp3) is 0.300. The summed E-state index contributed by atoms with van der Waals surface area (Å²) in [7, 11) is 1.52. The first kappa shape index (κ1) is 20.6. The molecule has 27 heavy (non-hydrogen) atoms. The third-order valence-corrected chi connectivity index (χ3v) is 4.07. The van der Waals surface area contributed by atoms with Gasteiger partial charge in [-0.3, -0.25) is 9.59 Å². The van der Waals surface area contributed by atoms with Gasteiger partial charge in [0, 0.05) is 24.9 Å². The Morgan fingerprint density at radius 3 is 2.56 bits per heavy atom. The Kier molecular flexibility index (Phi) is 7.49. The number of ether oxygens (including phenoxy) is 2. The molecule has 6 nitrogen and oxygen atoms in total. The number of hydrogen-bond acceptors (Lipinski definition) is 4. The summed E-state index contributed by atoms with van der Waals surface area (Å²) in [6.45, 7) is 4.00. The maximum absolute atomic E-state index is 12.4. The molecule has 0 saturated heterocycles. The number of amides is 2. The van der Waals surface area contributed by atoms with Gasteiger partial charge in [-0.05, 0) is 37.3 Å². The average molecular weight is 391 g/mol. The van der Waals surface area contributed by atoms with E-state index in [9.17, 15) is 9.59 Å². The molecule has 0 unspecified atom stereocenters. The smallest absolute Gasteiger partial charge is 0.226 e. The van der Waals surface area contributed by atoms with Gasteiger partial charge in [-0.15, -0.1) is 0 Å². The molecule has 0 aliphatic heterocycles. The third-order valence-electron chi connectivity index (χ3n) is 3.84. The van der Waals surface area contributed by atoms with Crippen LogP contribution in [0.5, 0.6) is 11.5 Å². The molecule has 0 radical (unpaired) electrons. The topological polar surface area (TPSA) is 67.9 Å². The summed E-state index contributed by atoms with van der Waals surface area (Å²) in [4.78, 5) is 26.0. The second-order valence-corrected chi connectivity index (χ2v) is 6.15. The molecule has 7 heteroatoms. The van der Waals surface area contributed by atoms with Gasteiger partial charge >= 0.3 is 0 Å². The van der Waals surface area contributed by atoms with Gasteiger partial charge in [-0.2, -0.15) is 0 Å². The molecule has 144 valence electrons. The molecule has 0 aromatic heterocycles. The Bertz CT molecular complexity index is 810. The van der Waals surface area contributed by atoms with E-state index in [1.54, 1.807) is 30.3 Å². The Morgan fingerprint density at radius 2 is 1.89 bits per heavy atom. The lowest BCUT2D eigenvalue weighted by atomic mass is 10.2. The van der Waals surface area contributed by atoms with E-state index >= 15 is 0 Å². The van der Waals surface area contributed by atoms with Crippen LogP contribution in [0.15, 0.2) is 42.5 Å². The molecule has 1 N–H and O–H groups in total. The minimum atomic E-state index is -0.227. The molecule has 2 aromatic carbocycles. The van der Waals surface area contributed by atoms with Crippen LogP contribution in [0.2, 0.25) is 5.02 Å². The first-order valence-electron chi connectivity index (χ1n) is 8.59. The molecule has 0 fully saturated rings. The summed E-state index contributed by atoms with van der Waals surface area (Å²) >= 11 is 6.05. The van der Waals surface area contributed by atoms with Crippen molar-refractivity contribution in [3.8, 4) is 11.5 Å². The molecule has 0 spiro atoms. The van der Waals surface area contributed by atoms with Crippen molar-refractivity contribution < 1.29 is 19.1 Å². The van der Waals surface area contributed by atoms with Crippen LogP contribution in [-0.2, 0) is 9.59 Å². The molecule has 2 amide bonds. The highest BCUT2D eigenvalue weighted by molar-refractivity contribution is 6.31. The van der Waals surface area contributed by atoms with Gasteiger partial charge in [0.05, 0.1) is 25.1 Å². The minimum Gasteiger partial charge on any atom is -0.495 e. The van der Waals surface area contributed by atoms with E-state index in [2.05, 4.69) is 5.32 Å². The number of halogens is 1.